The molecule has 0 fully saturated rings. The van der Waals surface area contributed by atoms with Crippen LogP contribution in [0.15, 0.2) is 53.4 Å². The first-order valence-electron chi connectivity index (χ1n) is 8.11. The molecule has 0 heterocycles. The van der Waals surface area contributed by atoms with Crippen LogP contribution in [0.2, 0.25) is 0 Å². The van der Waals surface area contributed by atoms with Crippen LogP contribution in [0.4, 0.5) is 0 Å². The first kappa shape index (κ1) is 19.7. The Kier molecular flexibility index (Phi) is 6.99. The minimum atomic E-state index is -3.85. The number of methoxy groups -OCH3 is 1. The Labute approximate surface area is 153 Å². The maximum atomic E-state index is 12.2. The van der Waals surface area contributed by atoms with E-state index in [1.54, 1.807) is 19.2 Å². The maximum absolute atomic E-state index is 12.2. The molecule has 140 valence electrons. The summed E-state index contributed by atoms with van der Waals surface area (Å²) in [5.41, 5.74) is 3.09. The summed E-state index contributed by atoms with van der Waals surface area (Å²) in [5, 5.41) is 0. The smallest absolute Gasteiger partial charge is 0.257 e. The Bertz CT molecular complexity index is 835. The van der Waals surface area contributed by atoms with E-state index >= 15 is 0 Å². The second kappa shape index (κ2) is 9.21. The van der Waals surface area contributed by atoms with Crippen LogP contribution in [0, 0.1) is 0 Å². The molecule has 0 aromatic heterocycles. The second-order valence-corrected chi connectivity index (χ2v) is 7.05. The van der Waals surface area contributed by atoms with E-state index in [0.717, 1.165) is 5.56 Å². The van der Waals surface area contributed by atoms with Gasteiger partial charge in [0.2, 0.25) is 5.91 Å². The van der Waals surface area contributed by atoms with Gasteiger partial charge in [-0.15, -0.1) is 4.83 Å². The highest BCUT2D eigenvalue weighted by atomic mass is 32.2. The van der Waals surface area contributed by atoms with E-state index in [0.29, 0.717) is 24.5 Å². The van der Waals surface area contributed by atoms with Crippen molar-refractivity contribution in [3.63, 3.8) is 0 Å². The molecule has 8 heteroatoms. The normalized spacial score (nSPS) is 11.0. The Morgan fingerprint density at radius 2 is 1.77 bits per heavy atom. The van der Waals surface area contributed by atoms with Crippen molar-refractivity contribution in [3.8, 4) is 11.5 Å². The van der Waals surface area contributed by atoms with Gasteiger partial charge in [-0.1, -0.05) is 18.2 Å². The standard InChI is InChI=1S/C18H22N2O5S/c1-3-25-15-9-11-16(12-10-15)26(22,23)20-19-18(21)13-8-14-6-4-5-7-17(14)24-2/h4-7,9-12,20H,3,8,13H2,1-2H3,(H,19,21). The summed E-state index contributed by atoms with van der Waals surface area (Å²) >= 11 is 0. The van der Waals surface area contributed by atoms with Gasteiger partial charge in [-0.25, -0.2) is 8.42 Å². The molecule has 1 amide bonds. The summed E-state index contributed by atoms with van der Waals surface area (Å²) in [7, 11) is -2.29. The molecule has 0 spiro atoms. The van der Waals surface area contributed by atoms with E-state index in [1.807, 2.05) is 31.2 Å². The van der Waals surface area contributed by atoms with E-state index in [4.69, 9.17) is 9.47 Å². The van der Waals surface area contributed by atoms with Gasteiger partial charge in [0, 0.05) is 6.42 Å². The number of hydrazine groups is 1. The Balaban J connectivity index is 1.89. The third kappa shape index (κ3) is 5.47. The van der Waals surface area contributed by atoms with Crippen molar-refractivity contribution in [1.29, 1.82) is 0 Å². The summed E-state index contributed by atoms with van der Waals surface area (Å²) in [5.74, 6) is 0.827. The Hall–Kier alpha value is -2.58. The summed E-state index contributed by atoms with van der Waals surface area (Å²) in [4.78, 5) is 14.1. The van der Waals surface area contributed by atoms with Gasteiger partial charge in [0.25, 0.3) is 10.0 Å². The first-order valence-corrected chi connectivity index (χ1v) is 9.60. The number of para-hydroxylation sites is 1. The number of hydrogen-bond donors (Lipinski definition) is 2. The molecular formula is C18H22N2O5S. The number of sulfonamides is 1. The zero-order valence-corrected chi connectivity index (χ0v) is 15.5. The van der Waals surface area contributed by atoms with Crippen molar-refractivity contribution >= 4 is 15.9 Å². The number of hydrogen-bond acceptors (Lipinski definition) is 5. The quantitative estimate of drug-likeness (QED) is 0.651. The van der Waals surface area contributed by atoms with Crippen molar-refractivity contribution in [1.82, 2.24) is 10.3 Å². The molecule has 26 heavy (non-hydrogen) atoms. The van der Waals surface area contributed by atoms with Crippen LogP contribution in [0.1, 0.15) is 18.9 Å². The van der Waals surface area contributed by atoms with Crippen LogP contribution >= 0.6 is 0 Å². The van der Waals surface area contributed by atoms with Gasteiger partial charge in [0.1, 0.15) is 11.5 Å². The fourth-order valence-electron chi connectivity index (χ4n) is 2.28. The van der Waals surface area contributed by atoms with Gasteiger partial charge in [0.05, 0.1) is 18.6 Å². The molecule has 0 aliphatic carbocycles. The van der Waals surface area contributed by atoms with Crippen molar-refractivity contribution in [2.75, 3.05) is 13.7 Å². The predicted octanol–water partition coefficient (Wildman–Crippen LogP) is 2.04. The highest BCUT2D eigenvalue weighted by Crippen LogP contribution is 2.19. The monoisotopic (exact) mass is 378 g/mol. The Morgan fingerprint density at radius 1 is 1.08 bits per heavy atom. The van der Waals surface area contributed by atoms with Crippen LogP contribution in [0.3, 0.4) is 0 Å². The number of nitrogens with one attached hydrogen (secondary N) is 2. The minimum Gasteiger partial charge on any atom is -0.496 e. The fraction of sp³-hybridized carbons (Fsp3) is 0.278. The molecule has 0 aliphatic heterocycles. The third-order valence-electron chi connectivity index (χ3n) is 3.58. The SMILES string of the molecule is CCOc1ccc(S(=O)(=O)NNC(=O)CCc2ccccc2OC)cc1. The molecule has 2 aromatic rings. The predicted molar refractivity (Wildman–Crippen MR) is 97.4 cm³/mol. The number of carbonyl (C=O) groups is 1. The highest BCUT2D eigenvalue weighted by Gasteiger charge is 2.15. The molecule has 2 N–H and O–H groups in total. The number of benzene rings is 2. The largest absolute Gasteiger partial charge is 0.496 e. The lowest BCUT2D eigenvalue weighted by molar-refractivity contribution is -0.121. The lowest BCUT2D eigenvalue weighted by Crippen LogP contribution is -2.41. The van der Waals surface area contributed by atoms with Crippen molar-refractivity contribution in [3.05, 3.63) is 54.1 Å². The van der Waals surface area contributed by atoms with Crippen LogP contribution in [0.25, 0.3) is 0 Å². The number of ether oxygens (including phenoxy) is 2. The molecule has 0 bridgehead atoms. The highest BCUT2D eigenvalue weighted by molar-refractivity contribution is 7.89. The van der Waals surface area contributed by atoms with Gasteiger partial charge in [-0.2, -0.15) is 0 Å². The topological polar surface area (TPSA) is 93.7 Å². The first-order chi connectivity index (χ1) is 12.5. The third-order valence-corrected chi connectivity index (χ3v) is 4.85. The zero-order valence-electron chi connectivity index (χ0n) is 14.7. The molecule has 0 saturated carbocycles. The van der Waals surface area contributed by atoms with E-state index in [2.05, 4.69) is 10.3 Å². The molecule has 7 nitrogen and oxygen atoms in total. The van der Waals surface area contributed by atoms with Crippen LogP contribution in [-0.2, 0) is 21.2 Å². The van der Waals surface area contributed by atoms with E-state index in [9.17, 15) is 13.2 Å². The summed E-state index contributed by atoms with van der Waals surface area (Å²) in [6.45, 7) is 2.33. The molecule has 2 aromatic carbocycles. The number of amides is 1. The van der Waals surface area contributed by atoms with Crippen LogP contribution < -0.4 is 19.7 Å². The fourth-order valence-corrected chi connectivity index (χ4v) is 3.15. The number of aryl methyl sites for hydroxylation is 1. The average molecular weight is 378 g/mol. The van der Waals surface area contributed by atoms with E-state index in [-0.39, 0.29) is 11.3 Å². The van der Waals surface area contributed by atoms with Gasteiger partial charge in [0.15, 0.2) is 0 Å². The summed E-state index contributed by atoms with van der Waals surface area (Å²) in [6.07, 6.45) is 0.548. The lowest BCUT2D eigenvalue weighted by Gasteiger charge is -2.10. The van der Waals surface area contributed by atoms with E-state index in [1.165, 1.54) is 12.1 Å². The molecule has 2 rings (SSSR count). The van der Waals surface area contributed by atoms with Gasteiger partial charge < -0.3 is 9.47 Å². The molecular weight excluding hydrogens is 356 g/mol. The molecule has 0 radical (unpaired) electrons. The Morgan fingerprint density at radius 3 is 2.42 bits per heavy atom. The molecule has 0 saturated heterocycles. The summed E-state index contributed by atoms with van der Waals surface area (Å²) < 4.78 is 34.9. The van der Waals surface area contributed by atoms with Crippen molar-refractivity contribution < 1.29 is 22.7 Å². The van der Waals surface area contributed by atoms with Gasteiger partial charge in [-0.3, -0.25) is 10.2 Å². The molecule has 0 unspecified atom stereocenters. The van der Waals surface area contributed by atoms with Crippen molar-refractivity contribution in [2.45, 2.75) is 24.7 Å². The van der Waals surface area contributed by atoms with Crippen LogP contribution in [-0.4, -0.2) is 28.0 Å². The van der Waals surface area contributed by atoms with Crippen molar-refractivity contribution in [2.24, 2.45) is 0 Å². The lowest BCUT2D eigenvalue weighted by atomic mass is 10.1. The van der Waals surface area contributed by atoms with Gasteiger partial charge in [-0.05, 0) is 49.2 Å². The minimum absolute atomic E-state index is 0.0333. The van der Waals surface area contributed by atoms with Gasteiger partial charge >= 0.3 is 0 Å². The molecule has 0 aliphatic rings. The average Bonchev–Trinajstić information content (AvgIpc) is 2.65. The van der Waals surface area contributed by atoms with Crippen LogP contribution in [0.5, 0.6) is 11.5 Å². The van der Waals surface area contributed by atoms with E-state index < -0.39 is 15.9 Å². The number of rotatable bonds is 9. The molecule has 0 atom stereocenters. The maximum Gasteiger partial charge on any atom is 0.257 e. The number of carbonyl (C=O) groups excluding carboxylic acids is 1. The zero-order chi connectivity index (χ0) is 19.0. The second-order valence-electron chi connectivity index (χ2n) is 5.37. The summed E-state index contributed by atoms with van der Waals surface area (Å²) in [6, 6.07) is 13.3.